The molecule has 0 bridgehead atoms. The Kier molecular flexibility index (Phi) is 4.85. The molecule has 0 aliphatic carbocycles. The molecule has 148 valence electrons. The lowest BCUT2D eigenvalue weighted by atomic mass is 10.1. The lowest BCUT2D eigenvalue weighted by molar-refractivity contribution is 0.0964. The Bertz CT molecular complexity index is 1310. The number of benzene rings is 2. The molecule has 29 heavy (non-hydrogen) atoms. The second-order valence-electron chi connectivity index (χ2n) is 6.34. The van der Waals surface area contributed by atoms with Gasteiger partial charge >= 0.3 is 0 Å². The van der Waals surface area contributed by atoms with Crippen LogP contribution < -0.4 is 9.46 Å². The lowest BCUT2D eigenvalue weighted by Gasteiger charge is -2.09. The highest BCUT2D eigenvalue weighted by atomic mass is 32.2. The van der Waals surface area contributed by atoms with Gasteiger partial charge in [-0.05, 0) is 48.9 Å². The van der Waals surface area contributed by atoms with Crippen LogP contribution in [0.1, 0.15) is 15.9 Å². The molecule has 0 radical (unpaired) electrons. The maximum atomic E-state index is 13.0. The van der Waals surface area contributed by atoms with Crippen molar-refractivity contribution in [2.75, 3.05) is 11.8 Å². The molecular weight excluding hydrogens is 410 g/mol. The molecule has 0 saturated carbocycles. The molecule has 7 nitrogen and oxygen atoms in total. The number of rotatable bonds is 5. The third-order valence-electron chi connectivity index (χ3n) is 4.50. The lowest BCUT2D eigenvalue weighted by Crippen LogP contribution is -2.13. The largest absolute Gasteiger partial charge is 0.496 e. The fourth-order valence-electron chi connectivity index (χ4n) is 3.00. The van der Waals surface area contributed by atoms with E-state index in [9.17, 15) is 13.2 Å². The first-order valence-electron chi connectivity index (χ1n) is 8.62. The number of methoxy groups -OCH3 is 1. The maximum Gasteiger partial charge on any atom is 0.263 e. The van der Waals surface area contributed by atoms with E-state index < -0.39 is 10.0 Å². The number of hydrogen-bond acceptors (Lipinski definition) is 6. The summed E-state index contributed by atoms with van der Waals surface area (Å²) in [5, 5.41) is 2.62. The number of nitrogens with one attached hydrogen (secondary N) is 1. The van der Waals surface area contributed by atoms with Crippen LogP contribution in [0.2, 0.25) is 0 Å². The first-order chi connectivity index (χ1) is 13.9. The van der Waals surface area contributed by atoms with E-state index in [4.69, 9.17) is 4.74 Å². The predicted octanol–water partition coefficient (Wildman–Crippen LogP) is 3.90. The standard InChI is InChI=1S/C20H17N3O4S2/c1-13-3-4-15(12-18(13)27-2)19(24)23-9-7-14-11-16(5-6-17(14)23)29(25,26)22-20-21-8-10-28-20/h3-12H,1-2H3,(H,21,22). The SMILES string of the molecule is COc1cc(C(=O)n2ccc3cc(S(=O)(=O)Nc4nccs4)ccc32)ccc1C. The third-order valence-corrected chi connectivity index (χ3v) is 6.65. The van der Waals surface area contributed by atoms with Crippen molar-refractivity contribution in [3.05, 3.63) is 71.4 Å². The van der Waals surface area contributed by atoms with Gasteiger partial charge in [0.2, 0.25) is 0 Å². The van der Waals surface area contributed by atoms with E-state index in [1.807, 2.05) is 13.0 Å². The van der Waals surface area contributed by atoms with Crippen LogP contribution in [0.25, 0.3) is 10.9 Å². The number of aryl methyl sites for hydroxylation is 1. The van der Waals surface area contributed by atoms with Gasteiger partial charge in [0.05, 0.1) is 17.5 Å². The Labute approximate surface area is 171 Å². The van der Waals surface area contributed by atoms with Gasteiger partial charge in [-0.25, -0.2) is 13.4 Å². The highest BCUT2D eigenvalue weighted by Crippen LogP contribution is 2.25. The summed E-state index contributed by atoms with van der Waals surface area (Å²) in [5.74, 6) is 0.406. The average Bonchev–Trinajstić information content (AvgIpc) is 3.36. The minimum atomic E-state index is -3.76. The number of carbonyl (C=O) groups excluding carboxylic acids is 1. The van der Waals surface area contributed by atoms with Gasteiger partial charge in [-0.1, -0.05) is 6.07 Å². The monoisotopic (exact) mass is 427 g/mol. The van der Waals surface area contributed by atoms with Gasteiger partial charge in [0, 0.05) is 28.7 Å². The summed E-state index contributed by atoms with van der Waals surface area (Å²) in [5.41, 5.74) is 2.03. The van der Waals surface area contributed by atoms with E-state index in [-0.39, 0.29) is 10.8 Å². The number of aromatic nitrogens is 2. The van der Waals surface area contributed by atoms with Crippen molar-refractivity contribution in [2.45, 2.75) is 11.8 Å². The number of thiazole rings is 1. The molecular formula is C20H17N3O4S2. The Balaban J connectivity index is 1.69. The highest BCUT2D eigenvalue weighted by molar-refractivity contribution is 7.93. The molecule has 2 aromatic carbocycles. The summed E-state index contributed by atoms with van der Waals surface area (Å²) < 4.78 is 34.4. The zero-order valence-corrected chi connectivity index (χ0v) is 17.3. The summed E-state index contributed by atoms with van der Waals surface area (Å²) in [6, 6.07) is 11.6. The van der Waals surface area contributed by atoms with E-state index >= 15 is 0 Å². The van der Waals surface area contributed by atoms with Crippen LogP contribution in [-0.4, -0.2) is 31.0 Å². The smallest absolute Gasteiger partial charge is 0.263 e. The van der Waals surface area contributed by atoms with Crippen molar-refractivity contribution < 1.29 is 17.9 Å². The van der Waals surface area contributed by atoms with Gasteiger partial charge in [-0.2, -0.15) is 0 Å². The molecule has 0 unspecified atom stereocenters. The second-order valence-corrected chi connectivity index (χ2v) is 8.92. The predicted molar refractivity (Wildman–Crippen MR) is 112 cm³/mol. The Morgan fingerprint density at radius 2 is 2.00 bits per heavy atom. The first kappa shape index (κ1) is 19.2. The highest BCUT2D eigenvalue weighted by Gasteiger charge is 2.18. The number of hydrogen-bond donors (Lipinski definition) is 1. The van der Waals surface area contributed by atoms with Gasteiger partial charge in [0.15, 0.2) is 5.13 Å². The van der Waals surface area contributed by atoms with Crippen molar-refractivity contribution >= 4 is 43.3 Å². The molecule has 0 atom stereocenters. The number of fused-ring (bicyclic) bond motifs is 1. The van der Waals surface area contributed by atoms with E-state index in [1.165, 1.54) is 34.2 Å². The molecule has 2 aromatic heterocycles. The van der Waals surface area contributed by atoms with Crippen LogP contribution in [-0.2, 0) is 10.0 Å². The van der Waals surface area contributed by atoms with Crippen LogP contribution >= 0.6 is 11.3 Å². The molecule has 0 amide bonds. The first-order valence-corrected chi connectivity index (χ1v) is 11.0. The van der Waals surface area contributed by atoms with E-state index in [1.54, 1.807) is 43.0 Å². The summed E-state index contributed by atoms with van der Waals surface area (Å²) >= 11 is 1.20. The Morgan fingerprint density at radius 3 is 2.72 bits per heavy atom. The Morgan fingerprint density at radius 1 is 1.17 bits per heavy atom. The van der Waals surface area contributed by atoms with E-state index in [0.29, 0.717) is 27.3 Å². The van der Waals surface area contributed by atoms with Crippen molar-refractivity contribution in [2.24, 2.45) is 0 Å². The molecule has 2 heterocycles. The maximum absolute atomic E-state index is 13.0. The summed E-state index contributed by atoms with van der Waals surface area (Å²) in [7, 11) is -2.21. The van der Waals surface area contributed by atoms with Crippen molar-refractivity contribution in [3.63, 3.8) is 0 Å². The van der Waals surface area contributed by atoms with Crippen LogP contribution in [0.3, 0.4) is 0 Å². The quantitative estimate of drug-likeness (QED) is 0.522. The van der Waals surface area contributed by atoms with E-state index in [2.05, 4.69) is 9.71 Å². The molecule has 0 aliphatic rings. The van der Waals surface area contributed by atoms with E-state index in [0.717, 1.165) is 5.56 Å². The van der Waals surface area contributed by atoms with Crippen molar-refractivity contribution in [3.8, 4) is 5.75 Å². The molecule has 0 spiro atoms. The molecule has 0 saturated heterocycles. The molecule has 1 N–H and O–H groups in total. The fraction of sp³-hybridized carbons (Fsp3) is 0.100. The topological polar surface area (TPSA) is 90.3 Å². The Hall–Kier alpha value is -3.17. The summed E-state index contributed by atoms with van der Waals surface area (Å²) in [6.07, 6.45) is 3.15. The summed E-state index contributed by atoms with van der Waals surface area (Å²) in [6.45, 7) is 1.90. The van der Waals surface area contributed by atoms with Gasteiger partial charge in [0.1, 0.15) is 5.75 Å². The van der Waals surface area contributed by atoms with Gasteiger partial charge in [-0.15, -0.1) is 11.3 Å². The van der Waals surface area contributed by atoms with Crippen LogP contribution in [0, 0.1) is 6.92 Å². The zero-order chi connectivity index (χ0) is 20.6. The van der Waals surface area contributed by atoms with Crippen LogP contribution in [0.4, 0.5) is 5.13 Å². The minimum Gasteiger partial charge on any atom is -0.496 e. The molecule has 4 aromatic rings. The molecule has 4 rings (SSSR count). The van der Waals surface area contributed by atoms with Gasteiger partial charge in [-0.3, -0.25) is 14.1 Å². The number of nitrogens with zero attached hydrogens (tertiary/aromatic N) is 2. The zero-order valence-electron chi connectivity index (χ0n) is 15.6. The van der Waals surface area contributed by atoms with Gasteiger partial charge < -0.3 is 4.74 Å². The van der Waals surface area contributed by atoms with Crippen molar-refractivity contribution in [1.29, 1.82) is 0 Å². The third kappa shape index (κ3) is 3.62. The fourth-order valence-corrected chi connectivity index (χ4v) is 4.83. The van der Waals surface area contributed by atoms with Gasteiger partial charge in [0.25, 0.3) is 15.9 Å². The number of ether oxygens (including phenoxy) is 1. The minimum absolute atomic E-state index is 0.0994. The number of sulfonamides is 1. The van der Waals surface area contributed by atoms with Crippen molar-refractivity contribution in [1.82, 2.24) is 9.55 Å². The average molecular weight is 428 g/mol. The van der Waals surface area contributed by atoms with Crippen LogP contribution in [0.5, 0.6) is 5.75 Å². The number of anilines is 1. The normalized spacial score (nSPS) is 11.5. The summed E-state index contributed by atoms with van der Waals surface area (Å²) in [4.78, 5) is 17.0. The molecule has 9 heteroatoms. The second kappa shape index (κ2) is 7.34. The van der Waals surface area contributed by atoms with Crippen LogP contribution in [0.15, 0.2) is 65.1 Å². The number of carbonyl (C=O) groups is 1. The molecule has 0 fully saturated rings. The molecule has 0 aliphatic heterocycles.